The zero-order valence-corrected chi connectivity index (χ0v) is 17.1. The number of ether oxygens (including phenoxy) is 1. The molecule has 0 saturated heterocycles. The predicted octanol–water partition coefficient (Wildman–Crippen LogP) is 4.47. The first kappa shape index (κ1) is 20.7. The summed E-state index contributed by atoms with van der Waals surface area (Å²) in [5.41, 5.74) is 1.87. The maximum atomic E-state index is 12.4. The monoisotopic (exact) mass is 430 g/mol. The van der Waals surface area contributed by atoms with E-state index in [1.165, 1.54) is 0 Å². The van der Waals surface area contributed by atoms with Crippen LogP contribution in [0.3, 0.4) is 0 Å². The van der Waals surface area contributed by atoms with Crippen LogP contribution in [0, 0.1) is 6.92 Å². The van der Waals surface area contributed by atoms with Gasteiger partial charge in [0.25, 0.3) is 15.9 Å². The van der Waals surface area contributed by atoms with Crippen molar-refractivity contribution < 1.29 is 17.9 Å². The maximum absolute atomic E-state index is 12.4. The van der Waals surface area contributed by atoms with Gasteiger partial charge in [0, 0.05) is 11.4 Å². The molecule has 0 bridgehead atoms. The number of hydrogen-bond acceptors (Lipinski definition) is 4. The van der Waals surface area contributed by atoms with Gasteiger partial charge in [-0.1, -0.05) is 41.4 Å². The van der Waals surface area contributed by atoms with Gasteiger partial charge in [-0.05, 0) is 55.5 Å². The molecule has 6 nitrogen and oxygen atoms in total. The number of carbonyl (C=O) groups excluding carboxylic acids is 1. The van der Waals surface area contributed by atoms with Crippen molar-refractivity contribution in [3.05, 3.63) is 83.4 Å². The van der Waals surface area contributed by atoms with Crippen LogP contribution in [0.5, 0.6) is 5.75 Å². The van der Waals surface area contributed by atoms with Crippen molar-refractivity contribution in [2.75, 3.05) is 16.6 Å². The summed E-state index contributed by atoms with van der Waals surface area (Å²) in [7, 11) is -3.68. The first-order valence-electron chi connectivity index (χ1n) is 8.70. The van der Waals surface area contributed by atoms with Crippen LogP contribution >= 0.6 is 11.6 Å². The molecular weight excluding hydrogens is 412 g/mol. The molecule has 2 N–H and O–H groups in total. The smallest absolute Gasteiger partial charge is 0.262 e. The van der Waals surface area contributed by atoms with Crippen LogP contribution in [0.25, 0.3) is 0 Å². The number of carbonyl (C=O) groups is 1. The molecule has 0 aromatic heterocycles. The standard InChI is InChI=1S/C21H19ClN2O4S/c1-15-6-12-18(13-7-15)29(26,27)24-17-10-8-16(9-11-17)23-21(25)14-28-20-5-3-2-4-19(20)22/h2-13,24H,14H2,1H3,(H,23,25). The maximum Gasteiger partial charge on any atom is 0.262 e. The average Bonchev–Trinajstić information content (AvgIpc) is 2.69. The van der Waals surface area contributed by atoms with Gasteiger partial charge in [-0.25, -0.2) is 8.42 Å². The van der Waals surface area contributed by atoms with E-state index in [1.54, 1.807) is 72.8 Å². The molecule has 0 fully saturated rings. The lowest BCUT2D eigenvalue weighted by Crippen LogP contribution is -2.20. The Morgan fingerprint density at radius 3 is 2.21 bits per heavy atom. The van der Waals surface area contributed by atoms with E-state index in [1.807, 2.05) is 6.92 Å². The molecule has 0 radical (unpaired) electrons. The lowest BCUT2D eigenvalue weighted by Gasteiger charge is -2.11. The Balaban J connectivity index is 1.57. The molecule has 0 aliphatic rings. The van der Waals surface area contributed by atoms with Crippen molar-refractivity contribution in [2.24, 2.45) is 0 Å². The number of anilines is 2. The van der Waals surface area contributed by atoms with Crippen molar-refractivity contribution in [2.45, 2.75) is 11.8 Å². The normalized spacial score (nSPS) is 11.0. The highest BCUT2D eigenvalue weighted by Gasteiger charge is 2.14. The fourth-order valence-corrected chi connectivity index (χ4v) is 3.70. The van der Waals surface area contributed by atoms with E-state index >= 15 is 0 Å². The Morgan fingerprint density at radius 1 is 0.931 bits per heavy atom. The van der Waals surface area contributed by atoms with Crippen molar-refractivity contribution >= 4 is 38.9 Å². The van der Waals surface area contributed by atoms with E-state index in [0.717, 1.165) is 5.56 Å². The summed E-state index contributed by atoms with van der Waals surface area (Å²) in [4.78, 5) is 12.2. The van der Waals surface area contributed by atoms with E-state index < -0.39 is 10.0 Å². The summed E-state index contributed by atoms with van der Waals surface area (Å²) in [6.45, 7) is 1.68. The van der Waals surface area contributed by atoms with E-state index in [9.17, 15) is 13.2 Å². The topological polar surface area (TPSA) is 84.5 Å². The van der Waals surface area contributed by atoms with Crippen molar-refractivity contribution in [1.82, 2.24) is 0 Å². The Morgan fingerprint density at radius 2 is 1.55 bits per heavy atom. The van der Waals surface area contributed by atoms with Crippen molar-refractivity contribution in [1.29, 1.82) is 0 Å². The molecule has 0 heterocycles. The molecule has 3 aromatic carbocycles. The lowest BCUT2D eigenvalue weighted by molar-refractivity contribution is -0.118. The second-order valence-electron chi connectivity index (χ2n) is 6.26. The zero-order valence-electron chi connectivity index (χ0n) is 15.6. The largest absolute Gasteiger partial charge is 0.482 e. The van der Waals surface area contributed by atoms with Crippen LogP contribution < -0.4 is 14.8 Å². The van der Waals surface area contributed by atoms with E-state index in [0.29, 0.717) is 22.1 Å². The zero-order chi connectivity index (χ0) is 20.9. The average molecular weight is 431 g/mol. The highest BCUT2D eigenvalue weighted by Crippen LogP contribution is 2.23. The second kappa shape index (κ2) is 8.98. The highest BCUT2D eigenvalue weighted by molar-refractivity contribution is 7.92. The number of sulfonamides is 1. The summed E-state index contributed by atoms with van der Waals surface area (Å²) >= 11 is 5.98. The summed E-state index contributed by atoms with van der Waals surface area (Å²) in [5, 5.41) is 3.10. The predicted molar refractivity (Wildman–Crippen MR) is 114 cm³/mol. The first-order valence-corrected chi connectivity index (χ1v) is 10.6. The molecule has 0 aliphatic carbocycles. The number of amides is 1. The minimum Gasteiger partial charge on any atom is -0.482 e. The Hall–Kier alpha value is -3.03. The van der Waals surface area contributed by atoms with Gasteiger partial charge in [0.2, 0.25) is 0 Å². The van der Waals surface area contributed by atoms with Gasteiger partial charge in [0.05, 0.1) is 9.92 Å². The quantitative estimate of drug-likeness (QED) is 0.579. The van der Waals surface area contributed by atoms with Gasteiger partial charge in [-0.15, -0.1) is 0 Å². The Bertz CT molecular complexity index is 1100. The van der Waals surface area contributed by atoms with Gasteiger partial charge in [0.15, 0.2) is 6.61 Å². The molecular formula is C21H19ClN2O4S. The van der Waals surface area contributed by atoms with Gasteiger partial charge >= 0.3 is 0 Å². The molecule has 0 saturated carbocycles. The van der Waals surface area contributed by atoms with Gasteiger partial charge in [-0.2, -0.15) is 0 Å². The Kier molecular flexibility index (Phi) is 6.41. The third kappa shape index (κ3) is 5.73. The second-order valence-corrected chi connectivity index (χ2v) is 8.35. The minimum atomic E-state index is -3.68. The molecule has 29 heavy (non-hydrogen) atoms. The van der Waals surface area contributed by atoms with Gasteiger partial charge < -0.3 is 10.1 Å². The summed E-state index contributed by atoms with van der Waals surface area (Å²) in [6.07, 6.45) is 0. The molecule has 150 valence electrons. The summed E-state index contributed by atoms with van der Waals surface area (Å²) in [5.74, 6) is 0.0584. The van der Waals surface area contributed by atoms with Gasteiger partial charge in [-0.3, -0.25) is 9.52 Å². The van der Waals surface area contributed by atoms with Crippen LogP contribution in [0.2, 0.25) is 5.02 Å². The number of rotatable bonds is 7. The summed E-state index contributed by atoms with van der Waals surface area (Å²) in [6, 6.07) is 19.8. The van der Waals surface area contributed by atoms with E-state index in [-0.39, 0.29) is 17.4 Å². The number of nitrogens with one attached hydrogen (secondary N) is 2. The fourth-order valence-electron chi connectivity index (χ4n) is 2.46. The van der Waals surface area contributed by atoms with Crippen LogP contribution in [0.15, 0.2) is 77.7 Å². The molecule has 3 aromatic rings. The third-order valence-electron chi connectivity index (χ3n) is 3.95. The number of aryl methyl sites for hydroxylation is 1. The molecule has 0 unspecified atom stereocenters. The molecule has 3 rings (SSSR count). The fraction of sp³-hybridized carbons (Fsp3) is 0.0952. The number of halogens is 1. The molecule has 8 heteroatoms. The van der Waals surface area contributed by atoms with E-state index in [2.05, 4.69) is 10.0 Å². The van der Waals surface area contributed by atoms with Crippen LogP contribution in [-0.2, 0) is 14.8 Å². The van der Waals surface area contributed by atoms with Crippen molar-refractivity contribution in [3.8, 4) is 5.75 Å². The highest BCUT2D eigenvalue weighted by atomic mass is 35.5. The molecule has 0 atom stereocenters. The number of hydrogen-bond donors (Lipinski definition) is 2. The first-order chi connectivity index (χ1) is 13.8. The molecule has 0 spiro atoms. The van der Waals surface area contributed by atoms with Crippen molar-refractivity contribution in [3.63, 3.8) is 0 Å². The van der Waals surface area contributed by atoms with Crippen LogP contribution in [0.1, 0.15) is 5.56 Å². The molecule has 0 aliphatic heterocycles. The minimum absolute atomic E-state index is 0.178. The summed E-state index contributed by atoms with van der Waals surface area (Å²) < 4.78 is 32.7. The van der Waals surface area contributed by atoms with Crippen LogP contribution in [0.4, 0.5) is 11.4 Å². The third-order valence-corrected chi connectivity index (χ3v) is 5.66. The Labute approximate surface area is 174 Å². The molecule has 1 amide bonds. The van der Waals surface area contributed by atoms with E-state index in [4.69, 9.17) is 16.3 Å². The van der Waals surface area contributed by atoms with Crippen LogP contribution in [-0.4, -0.2) is 20.9 Å². The number of para-hydroxylation sites is 1. The lowest BCUT2D eigenvalue weighted by atomic mass is 10.2. The van der Waals surface area contributed by atoms with Gasteiger partial charge in [0.1, 0.15) is 5.75 Å². The SMILES string of the molecule is Cc1ccc(S(=O)(=O)Nc2ccc(NC(=O)COc3ccccc3Cl)cc2)cc1. The number of benzene rings is 3.